The zero-order chi connectivity index (χ0) is 39.7. The topological polar surface area (TPSA) is 41.6 Å². The van der Waals surface area contributed by atoms with E-state index in [9.17, 15) is 57.9 Å². The van der Waals surface area contributed by atoms with Gasteiger partial charge in [0, 0.05) is 28.9 Å². The normalized spacial score (nSPS) is 12.7. The molecular weight excluding hydrogens is 750 g/mol. The molecule has 0 N–H and O–H groups in total. The SMILES string of the molecule is N#Cc1cc(-n2c3cc(-c4cc(C(F)(F)F)cc(C(F)(F)F)c4)ccc3c3ccc(-c4cc(C(F)(F)F)cc(C(F)(F)F)c4)cc32)ccc1-c1ccncc1. The minimum absolute atomic E-state index is 0.00764. The molecule has 0 spiro atoms. The van der Waals surface area contributed by atoms with Gasteiger partial charge in [0.1, 0.15) is 0 Å². The molecule has 55 heavy (non-hydrogen) atoms. The third kappa shape index (κ3) is 7.07. The fourth-order valence-corrected chi connectivity index (χ4v) is 6.45. The maximum atomic E-state index is 13.8. The van der Waals surface area contributed by atoms with Crippen LogP contribution in [0.5, 0.6) is 0 Å². The summed E-state index contributed by atoms with van der Waals surface area (Å²) in [6.07, 6.45) is -17.5. The summed E-state index contributed by atoms with van der Waals surface area (Å²) in [5, 5.41) is 10.9. The van der Waals surface area contributed by atoms with Gasteiger partial charge in [-0.3, -0.25) is 4.98 Å². The Morgan fingerprint density at radius 3 is 1.24 bits per heavy atom. The van der Waals surface area contributed by atoms with Gasteiger partial charge in [-0.2, -0.15) is 57.9 Å². The molecule has 7 rings (SSSR count). The summed E-state index contributed by atoms with van der Waals surface area (Å²) in [7, 11) is 0. The van der Waals surface area contributed by atoms with Crippen LogP contribution in [0.3, 0.4) is 0 Å². The van der Waals surface area contributed by atoms with Crippen LogP contribution < -0.4 is 0 Å². The predicted molar refractivity (Wildman–Crippen MR) is 180 cm³/mol. The molecule has 0 aliphatic heterocycles. The van der Waals surface area contributed by atoms with E-state index < -0.39 is 58.1 Å². The Morgan fingerprint density at radius 1 is 0.436 bits per heavy atom. The molecule has 0 unspecified atom stereocenters. The van der Waals surface area contributed by atoms with Crippen LogP contribution in [0, 0.1) is 11.3 Å². The van der Waals surface area contributed by atoms with E-state index in [2.05, 4.69) is 11.1 Å². The highest BCUT2D eigenvalue weighted by Gasteiger charge is 2.38. The molecule has 0 aliphatic carbocycles. The molecule has 0 bridgehead atoms. The quantitative estimate of drug-likeness (QED) is 0.167. The minimum Gasteiger partial charge on any atom is -0.309 e. The molecule has 0 atom stereocenters. The van der Waals surface area contributed by atoms with Gasteiger partial charge in [0.15, 0.2) is 0 Å². The molecule has 2 heterocycles. The average molecular weight is 770 g/mol. The second-order valence-corrected chi connectivity index (χ2v) is 12.5. The molecule has 278 valence electrons. The van der Waals surface area contributed by atoms with Crippen LogP contribution in [0.1, 0.15) is 27.8 Å². The zero-order valence-corrected chi connectivity index (χ0v) is 27.3. The maximum Gasteiger partial charge on any atom is 0.416 e. The highest BCUT2D eigenvalue weighted by Crippen LogP contribution is 2.43. The average Bonchev–Trinajstić information content (AvgIpc) is 3.46. The number of hydrogen-bond donors (Lipinski definition) is 0. The zero-order valence-electron chi connectivity index (χ0n) is 27.3. The van der Waals surface area contributed by atoms with Gasteiger partial charge in [0.2, 0.25) is 0 Å². The predicted octanol–water partition coefficient (Wildman–Crippen LogP) is 13.1. The molecule has 15 heteroatoms. The van der Waals surface area contributed by atoms with Crippen LogP contribution in [-0.2, 0) is 24.7 Å². The molecule has 5 aromatic carbocycles. The number of hydrogen-bond acceptors (Lipinski definition) is 2. The van der Waals surface area contributed by atoms with Crippen molar-refractivity contribution in [3.63, 3.8) is 0 Å². The first-order valence-corrected chi connectivity index (χ1v) is 15.9. The second-order valence-electron chi connectivity index (χ2n) is 12.5. The fourth-order valence-electron chi connectivity index (χ4n) is 6.45. The number of benzene rings is 5. The third-order valence-corrected chi connectivity index (χ3v) is 8.98. The van der Waals surface area contributed by atoms with E-state index in [-0.39, 0.29) is 45.5 Å². The van der Waals surface area contributed by atoms with Gasteiger partial charge in [-0.15, -0.1) is 0 Å². The van der Waals surface area contributed by atoms with E-state index >= 15 is 0 Å². The van der Waals surface area contributed by atoms with E-state index in [1.165, 1.54) is 59.4 Å². The number of fused-ring (bicyclic) bond motifs is 3. The van der Waals surface area contributed by atoms with Crippen LogP contribution in [0.4, 0.5) is 52.7 Å². The first kappa shape index (κ1) is 37.0. The largest absolute Gasteiger partial charge is 0.416 e. The van der Waals surface area contributed by atoms with Gasteiger partial charge in [-0.25, -0.2) is 0 Å². The molecule has 0 saturated carbocycles. The minimum atomic E-state index is -5.13. The number of halogens is 12. The van der Waals surface area contributed by atoms with Gasteiger partial charge in [-0.1, -0.05) is 30.3 Å². The molecule has 2 aromatic heterocycles. The Bertz CT molecular complexity index is 2460. The summed E-state index contributed by atoms with van der Waals surface area (Å²) < 4.78 is 167. The fraction of sp³-hybridized carbons (Fsp3) is 0.100. The van der Waals surface area contributed by atoms with Gasteiger partial charge >= 0.3 is 24.7 Å². The summed E-state index contributed by atoms with van der Waals surface area (Å²) in [5.74, 6) is 0. The lowest BCUT2D eigenvalue weighted by molar-refractivity contribution is -0.144. The van der Waals surface area contributed by atoms with Crippen LogP contribution >= 0.6 is 0 Å². The summed E-state index contributed by atoms with van der Waals surface area (Å²) in [6, 6.07) is 20.3. The van der Waals surface area contributed by atoms with E-state index in [1.807, 2.05) is 0 Å². The van der Waals surface area contributed by atoms with Gasteiger partial charge in [0.25, 0.3) is 0 Å². The Kier molecular flexibility index (Phi) is 8.71. The summed E-state index contributed by atoms with van der Waals surface area (Å²) >= 11 is 0. The van der Waals surface area contributed by atoms with Crippen molar-refractivity contribution in [1.29, 1.82) is 5.26 Å². The summed E-state index contributed by atoms with van der Waals surface area (Å²) in [5.41, 5.74) is -5.37. The molecular formula is C40H19F12N3. The number of rotatable bonds is 4. The molecule has 0 saturated heterocycles. The number of nitrogens with zero attached hydrogens (tertiary/aromatic N) is 3. The van der Waals surface area contributed by atoms with Crippen LogP contribution in [0.15, 0.2) is 116 Å². The van der Waals surface area contributed by atoms with Crippen molar-refractivity contribution in [2.45, 2.75) is 24.7 Å². The lowest BCUT2D eigenvalue weighted by Crippen LogP contribution is -2.11. The van der Waals surface area contributed by atoms with E-state index in [1.54, 1.807) is 24.3 Å². The Labute approximate surface area is 302 Å². The van der Waals surface area contributed by atoms with Crippen molar-refractivity contribution >= 4 is 21.8 Å². The highest BCUT2D eigenvalue weighted by atomic mass is 19.4. The second kappa shape index (κ2) is 12.9. The first-order chi connectivity index (χ1) is 25.7. The Morgan fingerprint density at radius 2 is 0.855 bits per heavy atom. The number of pyridine rings is 1. The Balaban J connectivity index is 1.53. The van der Waals surface area contributed by atoms with Crippen LogP contribution in [-0.4, -0.2) is 9.55 Å². The maximum absolute atomic E-state index is 13.8. The molecule has 7 aromatic rings. The highest BCUT2D eigenvalue weighted by molar-refractivity contribution is 6.11. The molecule has 3 nitrogen and oxygen atoms in total. The van der Waals surface area contributed by atoms with Gasteiger partial charge in [0.05, 0.1) is 44.9 Å². The van der Waals surface area contributed by atoms with Crippen LogP contribution in [0.2, 0.25) is 0 Å². The lowest BCUT2D eigenvalue weighted by atomic mass is 9.97. The van der Waals surface area contributed by atoms with E-state index in [4.69, 9.17) is 0 Å². The number of nitriles is 1. The van der Waals surface area contributed by atoms with Crippen LogP contribution in [0.25, 0.3) is 60.9 Å². The third-order valence-electron chi connectivity index (χ3n) is 8.98. The number of aromatic nitrogens is 2. The van der Waals surface area contributed by atoms with Gasteiger partial charge in [-0.05, 0) is 106 Å². The van der Waals surface area contributed by atoms with Crippen molar-refractivity contribution in [3.05, 3.63) is 143 Å². The Hall–Kier alpha value is -6.30. The van der Waals surface area contributed by atoms with Gasteiger partial charge < -0.3 is 4.57 Å². The van der Waals surface area contributed by atoms with Crippen molar-refractivity contribution < 1.29 is 52.7 Å². The molecule has 0 amide bonds. The molecule has 0 aliphatic rings. The van der Waals surface area contributed by atoms with Crippen molar-refractivity contribution in [2.75, 3.05) is 0 Å². The number of alkyl halides is 12. The summed E-state index contributed by atoms with van der Waals surface area (Å²) in [6.45, 7) is 0. The van der Waals surface area contributed by atoms with E-state index in [0.717, 1.165) is 0 Å². The monoisotopic (exact) mass is 769 g/mol. The summed E-state index contributed by atoms with van der Waals surface area (Å²) in [4.78, 5) is 3.96. The molecule has 0 radical (unpaired) electrons. The van der Waals surface area contributed by atoms with Crippen molar-refractivity contribution in [1.82, 2.24) is 9.55 Å². The first-order valence-electron chi connectivity index (χ1n) is 15.9. The van der Waals surface area contributed by atoms with Crippen molar-refractivity contribution in [2.24, 2.45) is 0 Å². The molecule has 0 fully saturated rings. The lowest BCUT2D eigenvalue weighted by Gasteiger charge is -2.15. The smallest absolute Gasteiger partial charge is 0.309 e. The van der Waals surface area contributed by atoms with E-state index in [0.29, 0.717) is 46.2 Å². The standard InChI is InChI=1S/C40H19F12N3/c41-37(42,43)27-11-24(12-28(18-27)38(44,45)46)22-1-4-33-34-5-2-23(25-13-29(39(47,48)49)19-30(14-25)40(50,51)52)17-36(34)55(35(33)16-22)31-3-6-32(26(15-31)20-53)21-7-9-54-10-8-21/h1-19H. The van der Waals surface area contributed by atoms with Crippen molar-refractivity contribution in [3.8, 4) is 45.1 Å².